The van der Waals surface area contributed by atoms with Crippen LogP contribution in [0.4, 0.5) is 4.39 Å². The number of aryl methyl sites for hydroxylation is 1. The molecule has 1 unspecified atom stereocenters. The molecule has 21 heavy (non-hydrogen) atoms. The van der Waals surface area contributed by atoms with Crippen molar-refractivity contribution in [3.05, 3.63) is 53.3 Å². The number of halogens is 1. The molecule has 0 aliphatic carbocycles. The number of hydrogen-bond donors (Lipinski definition) is 1. The van der Waals surface area contributed by atoms with Gasteiger partial charge < -0.3 is 10.1 Å². The number of rotatable bonds is 5. The van der Waals surface area contributed by atoms with Crippen molar-refractivity contribution >= 4 is 11.8 Å². The van der Waals surface area contributed by atoms with Gasteiger partial charge >= 0.3 is 0 Å². The van der Waals surface area contributed by atoms with Gasteiger partial charge in [-0.05, 0) is 62.4 Å². The van der Waals surface area contributed by atoms with Crippen LogP contribution in [0.5, 0.6) is 5.75 Å². The van der Waals surface area contributed by atoms with Crippen LogP contribution in [0.2, 0.25) is 0 Å². The summed E-state index contributed by atoms with van der Waals surface area (Å²) in [5.74, 6) is 0.657. The van der Waals surface area contributed by atoms with E-state index in [2.05, 4.69) is 5.32 Å². The molecule has 1 atom stereocenters. The zero-order valence-electron chi connectivity index (χ0n) is 12.7. The molecule has 0 bridgehead atoms. The summed E-state index contributed by atoms with van der Waals surface area (Å²) in [6, 6.07) is 11.5. The quantitative estimate of drug-likeness (QED) is 0.874. The summed E-state index contributed by atoms with van der Waals surface area (Å²) in [6.07, 6.45) is 0. The number of nitrogens with one attached hydrogen (secondary N) is 1. The van der Waals surface area contributed by atoms with Gasteiger partial charge in [-0.25, -0.2) is 4.39 Å². The van der Waals surface area contributed by atoms with Crippen LogP contribution in [0.1, 0.15) is 24.1 Å². The van der Waals surface area contributed by atoms with Gasteiger partial charge in [0.15, 0.2) is 0 Å². The first-order valence-corrected chi connectivity index (χ1v) is 7.66. The van der Waals surface area contributed by atoms with Crippen molar-refractivity contribution in [3.63, 3.8) is 0 Å². The average molecular weight is 305 g/mol. The second-order valence-corrected chi connectivity index (χ2v) is 6.05. The van der Waals surface area contributed by atoms with Crippen LogP contribution in [-0.2, 0) is 0 Å². The Morgan fingerprint density at radius 3 is 2.67 bits per heavy atom. The fourth-order valence-electron chi connectivity index (χ4n) is 2.04. The average Bonchev–Trinajstić information content (AvgIpc) is 2.50. The zero-order valence-corrected chi connectivity index (χ0v) is 13.6. The molecule has 4 heteroatoms. The molecule has 2 rings (SSSR count). The van der Waals surface area contributed by atoms with Crippen molar-refractivity contribution in [2.75, 3.05) is 14.2 Å². The van der Waals surface area contributed by atoms with Crippen molar-refractivity contribution in [1.82, 2.24) is 5.32 Å². The van der Waals surface area contributed by atoms with E-state index in [4.69, 9.17) is 4.74 Å². The molecule has 0 aliphatic heterocycles. The molecule has 0 aromatic heterocycles. The van der Waals surface area contributed by atoms with Crippen molar-refractivity contribution < 1.29 is 9.13 Å². The van der Waals surface area contributed by atoms with Gasteiger partial charge in [0.25, 0.3) is 0 Å². The highest BCUT2D eigenvalue weighted by Crippen LogP contribution is 2.36. The third kappa shape index (κ3) is 3.77. The fourth-order valence-corrected chi connectivity index (χ4v) is 3.21. The first-order valence-electron chi connectivity index (χ1n) is 6.84. The largest absolute Gasteiger partial charge is 0.497 e. The molecular formula is C17H20FNOS. The molecule has 2 aromatic carbocycles. The van der Waals surface area contributed by atoms with E-state index in [0.29, 0.717) is 5.56 Å². The van der Waals surface area contributed by atoms with E-state index in [1.165, 1.54) is 0 Å². The highest BCUT2D eigenvalue weighted by molar-refractivity contribution is 7.99. The Bertz CT molecular complexity index is 630. The lowest BCUT2D eigenvalue weighted by molar-refractivity contribution is 0.413. The molecular weight excluding hydrogens is 285 g/mol. The third-order valence-corrected chi connectivity index (χ3v) is 4.52. The summed E-state index contributed by atoms with van der Waals surface area (Å²) in [4.78, 5) is 2.13. The lowest BCUT2D eigenvalue weighted by atomic mass is 10.1. The minimum absolute atomic E-state index is 0.0909. The van der Waals surface area contributed by atoms with Crippen LogP contribution in [-0.4, -0.2) is 14.2 Å². The van der Waals surface area contributed by atoms with Gasteiger partial charge in [-0.1, -0.05) is 17.8 Å². The Morgan fingerprint density at radius 2 is 2.00 bits per heavy atom. The van der Waals surface area contributed by atoms with Crippen LogP contribution in [0.25, 0.3) is 0 Å². The maximum absolute atomic E-state index is 13.9. The third-order valence-electron chi connectivity index (χ3n) is 3.46. The Hall–Kier alpha value is -1.52. The summed E-state index contributed by atoms with van der Waals surface area (Å²) < 4.78 is 19.1. The van der Waals surface area contributed by atoms with Gasteiger partial charge in [0.1, 0.15) is 11.6 Å². The van der Waals surface area contributed by atoms with Crippen LogP contribution in [0.15, 0.2) is 46.2 Å². The second-order valence-electron chi connectivity index (χ2n) is 4.93. The van der Waals surface area contributed by atoms with E-state index in [0.717, 1.165) is 21.1 Å². The number of methoxy groups -OCH3 is 1. The molecule has 0 amide bonds. The molecule has 1 N–H and O–H groups in total. The Labute approximate surface area is 129 Å². The fraction of sp³-hybridized carbons (Fsp3) is 0.294. The predicted molar refractivity (Wildman–Crippen MR) is 85.7 cm³/mol. The normalized spacial score (nSPS) is 12.2. The van der Waals surface area contributed by atoms with E-state index in [1.807, 2.05) is 44.3 Å². The summed E-state index contributed by atoms with van der Waals surface area (Å²) in [6.45, 7) is 3.82. The van der Waals surface area contributed by atoms with E-state index < -0.39 is 0 Å². The predicted octanol–water partition coefficient (Wildman–Crippen LogP) is 4.57. The van der Waals surface area contributed by atoms with Gasteiger partial charge in [-0.2, -0.15) is 0 Å². The maximum Gasteiger partial charge on any atom is 0.126 e. The van der Waals surface area contributed by atoms with Gasteiger partial charge in [0.2, 0.25) is 0 Å². The zero-order chi connectivity index (χ0) is 15.4. The maximum atomic E-state index is 13.9. The molecule has 0 spiro atoms. The summed E-state index contributed by atoms with van der Waals surface area (Å²) in [5, 5.41) is 3.17. The van der Waals surface area contributed by atoms with Crippen LogP contribution in [0, 0.1) is 12.7 Å². The first kappa shape index (κ1) is 15.9. The molecule has 2 nitrogen and oxygen atoms in total. The summed E-state index contributed by atoms with van der Waals surface area (Å²) >= 11 is 1.62. The molecule has 2 aromatic rings. The monoisotopic (exact) mass is 305 g/mol. The van der Waals surface area contributed by atoms with Crippen LogP contribution < -0.4 is 10.1 Å². The van der Waals surface area contributed by atoms with E-state index in [9.17, 15) is 4.39 Å². The van der Waals surface area contributed by atoms with Crippen LogP contribution >= 0.6 is 11.8 Å². The van der Waals surface area contributed by atoms with E-state index in [1.54, 1.807) is 31.9 Å². The van der Waals surface area contributed by atoms with Gasteiger partial charge in [-0.15, -0.1) is 0 Å². The minimum atomic E-state index is -0.165. The van der Waals surface area contributed by atoms with Gasteiger partial charge in [-0.3, -0.25) is 0 Å². The molecule has 0 fully saturated rings. The van der Waals surface area contributed by atoms with E-state index in [-0.39, 0.29) is 11.9 Å². The number of benzene rings is 2. The molecule has 112 valence electrons. The van der Waals surface area contributed by atoms with Crippen molar-refractivity contribution in [3.8, 4) is 5.75 Å². The molecule has 0 radical (unpaired) electrons. The molecule has 0 aliphatic rings. The van der Waals surface area contributed by atoms with Gasteiger partial charge in [0.05, 0.1) is 7.11 Å². The van der Waals surface area contributed by atoms with E-state index >= 15 is 0 Å². The SMILES string of the molecule is CNC(C)c1cc(F)c(C)cc1Sc1cccc(OC)c1. The minimum Gasteiger partial charge on any atom is -0.497 e. The smallest absolute Gasteiger partial charge is 0.126 e. The first-order chi connectivity index (χ1) is 10.0. The summed E-state index contributed by atoms with van der Waals surface area (Å²) in [5.41, 5.74) is 1.63. The molecule has 0 saturated carbocycles. The second kappa shape index (κ2) is 6.96. The molecule has 0 saturated heterocycles. The lowest BCUT2D eigenvalue weighted by Gasteiger charge is -2.17. The Kier molecular flexibility index (Phi) is 5.26. The Morgan fingerprint density at radius 1 is 1.24 bits per heavy atom. The van der Waals surface area contributed by atoms with Gasteiger partial charge in [0, 0.05) is 15.8 Å². The highest BCUT2D eigenvalue weighted by Gasteiger charge is 2.13. The van der Waals surface area contributed by atoms with Crippen molar-refractivity contribution in [1.29, 1.82) is 0 Å². The lowest BCUT2D eigenvalue weighted by Crippen LogP contribution is -2.13. The summed E-state index contributed by atoms with van der Waals surface area (Å²) in [7, 11) is 3.53. The molecule has 0 heterocycles. The van der Waals surface area contributed by atoms with Crippen LogP contribution in [0.3, 0.4) is 0 Å². The number of ether oxygens (including phenoxy) is 1. The van der Waals surface area contributed by atoms with Crippen molar-refractivity contribution in [2.24, 2.45) is 0 Å². The number of hydrogen-bond acceptors (Lipinski definition) is 3. The Balaban J connectivity index is 2.39. The van der Waals surface area contributed by atoms with Crippen molar-refractivity contribution in [2.45, 2.75) is 29.7 Å². The topological polar surface area (TPSA) is 21.3 Å². The standard InChI is InChI=1S/C17H20FNOS/c1-11-8-17(15(10-16(11)18)12(2)19-3)21-14-7-5-6-13(9-14)20-4/h5-10,12,19H,1-4H3. The highest BCUT2D eigenvalue weighted by atomic mass is 32.2.